The summed E-state index contributed by atoms with van der Waals surface area (Å²) in [5, 5.41) is 15.0. The van der Waals surface area contributed by atoms with Crippen LogP contribution in [0.25, 0.3) is 0 Å². The van der Waals surface area contributed by atoms with Crippen molar-refractivity contribution in [3.8, 4) is 0 Å². The predicted octanol–water partition coefficient (Wildman–Crippen LogP) is -0.383. The number of nitrogen functional groups attached to an aromatic ring is 1. The Morgan fingerprint density at radius 1 is 1.38 bits per heavy atom. The Hall–Kier alpha value is -2.45. The van der Waals surface area contributed by atoms with E-state index in [0.29, 0.717) is 6.54 Å². The zero-order valence-electron chi connectivity index (χ0n) is 12.5. The van der Waals surface area contributed by atoms with Crippen molar-refractivity contribution in [2.45, 2.75) is 33.4 Å². The first-order valence-electron chi connectivity index (χ1n) is 6.74. The van der Waals surface area contributed by atoms with Gasteiger partial charge in [-0.05, 0) is 36.8 Å². The Kier molecular flexibility index (Phi) is 4.51. The van der Waals surface area contributed by atoms with Crippen LogP contribution in [0.3, 0.4) is 0 Å². The molecule has 21 heavy (non-hydrogen) atoms. The lowest BCUT2D eigenvalue weighted by atomic mass is 10.3. The van der Waals surface area contributed by atoms with Crippen LogP contribution < -0.4 is 5.73 Å². The van der Waals surface area contributed by atoms with Crippen LogP contribution in [0.4, 0.5) is 5.95 Å². The van der Waals surface area contributed by atoms with Crippen molar-refractivity contribution in [1.82, 2.24) is 34.9 Å². The van der Waals surface area contributed by atoms with E-state index in [1.165, 1.54) is 4.68 Å². The zero-order valence-corrected chi connectivity index (χ0v) is 12.5. The van der Waals surface area contributed by atoms with Crippen LogP contribution >= 0.6 is 0 Å². The molecule has 0 fully saturated rings. The molecule has 2 aromatic rings. The number of amides is 1. The molecular weight excluding hydrogens is 272 g/mol. The monoisotopic (exact) mass is 292 g/mol. The van der Waals surface area contributed by atoms with Gasteiger partial charge in [-0.2, -0.15) is 5.10 Å². The van der Waals surface area contributed by atoms with Crippen molar-refractivity contribution in [1.29, 1.82) is 0 Å². The predicted molar refractivity (Wildman–Crippen MR) is 76.2 cm³/mol. The van der Waals surface area contributed by atoms with E-state index in [2.05, 4.69) is 20.6 Å². The summed E-state index contributed by atoms with van der Waals surface area (Å²) in [6.45, 7) is 5.46. The van der Waals surface area contributed by atoms with E-state index < -0.39 is 0 Å². The molecule has 2 aromatic heterocycles. The van der Waals surface area contributed by atoms with Gasteiger partial charge < -0.3 is 10.6 Å². The summed E-state index contributed by atoms with van der Waals surface area (Å²) in [7, 11) is 1.75. The number of tetrazole rings is 1. The quantitative estimate of drug-likeness (QED) is 0.777. The number of hydrogen-bond acceptors (Lipinski definition) is 6. The zero-order chi connectivity index (χ0) is 15.4. The highest BCUT2D eigenvalue weighted by Crippen LogP contribution is 2.03. The summed E-state index contributed by atoms with van der Waals surface area (Å²) in [4.78, 5) is 13.7. The van der Waals surface area contributed by atoms with Gasteiger partial charge in [0.2, 0.25) is 11.9 Å². The fourth-order valence-corrected chi connectivity index (χ4v) is 2.06. The van der Waals surface area contributed by atoms with Gasteiger partial charge >= 0.3 is 0 Å². The van der Waals surface area contributed by atoms with E-state index in [1.54, 1.807) is 11.9 Å². The van der Waals surface area contributed by atoms with E-state index in [-0.39, 0.29) is 18.4 Å². The average Bonchev–Trinajstić information content (AvgIpc) is 2.96. The normalized spacial score (nSPS) is 10.8. The van der Waals surface area contributed by atoms with Crippen molar-refractivity contribution in [3.63, 3.8) is 0 Å². The van der Waals surface area contributed by atoms with Gasteiger partial charge in [0.05, 0.1) is 5.69 Å². The molecule has 0 saturated heterocycles. The van der Waals surface area contributed by atoms with Crippen molar-refractivity contribution in [3.05, 3.63) is 17.5 Å². The Balaban J connectivity index is 1.79. The van der Waals surface area contributed by atoms with Crippen LogP contribution in [0.15, 0.2) is 6.07 Å². The second-order valence-corrected chi connectivity index (χ2v) is 5.01. The van der Waals surface area contributed by atoms with E-state index in [0.717, 1.165) is 24.4 Å². The third-order valence-corrected chi connectivity index (χ3v) is 3.24. The maximum Gasteiger partial charge on any atom is 0.244 e. The fraction of sp³-hybridized carbons (Fsp3) is 0.583. The number of anilines is 1. The average molecular weight is 292 g/mol. The molecule has 0 aliphatic rings. The number of nitrogens with zero attached hydrogens (tertiary/aromatic N) is 7. The smallest absolute Gasteiger partial charge is 0.244 e. The van der Waals surface area contributed by atoms with Gasteiger partial charge in [0.1, 0.15) is 6.54 Å². The molecule has 0 bridgehead atoms. The van der Waals surface area contributed by atoms with Gasteiger partial charge in [0, 0.05) is 25.8 Å². The minimum Gasteiger partial charge on any atom is -0.367 e. The minimum absolute atomic E-state index is 0.0508. The molecular formula is C12H20N8O. The first-order valence-corrected chi connectivity index (χ1v) is 6.74. The van der Waals surface area contributed by atoms with Crippen LogP contribution in [0.1, 0.15) is 17.8 Å². The van der Waals surface area contributed by atoms with E-state index in [9.17, 15) is 4.79 Å². The molecule has 114 valence electrons. The maximum absolute atomic E-state index is 12.0. The summed E-state index contributed by atoms with van der Waals surface area (Å²) in [5.41, 5.74) is 7.66. The lowest BCUT2D eigenvalue weighted by molar-refractivity contribution is -0.130. The van der Waals surface area contributed by atoms with Gasteiger partial charge in [-0.3, -0.25) is 9.48 Å². The number of aromatic nitrogens is 6. The van der Waals surface area contributed by atoms with Gasteiger partial charge in [0.25, 0.3) is 0 Å². The number of rotatable bonds is 6. The third-order valence-electron chi connectivity index (χ3n) is 3.24. The first-order chi connectivity index (χ1) is 9.97. The molecule has 0 aromatic carbocycles. The highest BCUT2D eigenvalue weighted by Gasteiger charge is 2.12. The molecule has 0 aliphatic carbocycles. The molecule has 1 amide bonds. The third kappa shape index (κ3) is 3.77. The summed E-state index contributed by atoms with van der Waals surface area (Å²) < 4.78 is 3.23. The van der Waals surface area contributed by atoms with Gasteiger partial charge in [-0.25, -0.2) is 4.68 Å². The topological polar surface area (TPSA) is 108 Å². The fourth-order valence-electron chi connectivity index (χ4n) is 2.06. The molecule has 0 aliphatic heterocycles. The van der Waals surface area contributed by atoms with Crippen molar-refractivity contribution in [2.75, 3.05) is 19.3 Å². The van der Waals surface area contributed by atoms with Crippen molar-refractivity contribution >= 4 is 11.9 Å². The number of likely N-dealkylation sites (N-methyl/N-ethyl adjacent to an activating group) is 1. The molecule has 0 radical (unpaired) electrons. The molecule has 9 heteroatoms. The van der Waals surface area contributed by atoms with Gasteiger partial charge in [-0.1, -0.05) is 5.10 Å². The SMILES string of the molecule is Cc1cc(C)n(CCCN(C)C(=O)Cn2nnnc2N)n1. The van der Waals surface area contributed by atoms with Crippen molar-refractivity contribution < 1.29 is 4.79 Å². The summed E-state index contributed by atoms with van der Waals surface area (Å²) in [5.74, 6) is 0.0572. The number of aryl methyl sites for hydroxylation is 3. The molecule has 0 atom stereocenters. The van der Waals surface area contributed by atoms with E-state index in [4.69, 9.17) is 5.73 Å². The highest BCUT2D eigenvalue weighted by molar-refractivity contribution is 5.75. The van der Waals surface area contributed by atoms with Crippen molar-refractivity contribution in [2.24, 2.45) is 0 Å². The number of hydrogen-bond donors (Lipinski definition) is 1. The molecule has 2 N–H and O–H groups in total. The lowest BCUT2D eigenvalue weighted by Gasteiger charge is -2.17. The summed E-state index contributed by atoms with van der Waals surface area (Å²) in [6.07, 6.45) is 0.829. The first kappa shape index (κ1) is 14.9. The summed E-state index contributed by atoms with van der Waals surface area (Å²) >= 11 is 0. The maximum atomic E-state index is 12.0. The van der Waals surface area contributed by atoms with Crippen LogP contribution in [-0.4, -0.2) is 54.4 Å². The van der Waals surface area contributed by atoms with Gasteiger partial charge in [-0.15, -0.1) is 0 Å². The second kappa shape index (κ2) is 6.33. The summed E-state index contributed by atoms with van der Waals surface area (Å²) in [6, 6.07) is 2.04. The number of nitrogens with two attached hydrogens (primary N) is 1. The second-order valence-electron chi connectivity index (χ2n) is 5.01. The lowest BCUT2D eigenvalue weighted by Crippen LogP contribution is -2.32. The molecule has 0 saturated carbocycles. The molecule has 0 unspecified atom stereocenters. The largest absolute Gasteiger partial charge is 0.367 e. The Bertz CT molecular complexity index is 617. The minimum atomic E-state index is -0.0811. The Morgan fingerprint density at radius 3 is 2.71 bits per heavy atom. The highest BCUT2D eigenvalue weighted by atomic mass is 16.2. The molecule has 2 heterocycles. The Morgan fingerprint density at radius 2 is 2.14 bits per heavy atom. The molecule has 9 nitrogen and oxygen atoms in total. The number of carbonyl (C=O) groups excluding carboxylic acids is 1. The standard InChI is InChI=1S/C12H20N8O/c1-9-7-10(2)19(15-9)6-4-5-18(3)11(21)8-20-12(13)14-16-17-20/h7H,4-6,8H2,1-3H3,(H2,13,14,17). The van der Waals surface area contributed by atoms with E-state index >= 15 is 0 Å². The van der Waals surface area contributed by atoms with Crippen LogP contribution in [0.2, 0.25) is 0 Å². The van der Waals surface area contributed by atoms with Gasteiger partial charge in [0.15, 0.2) is 0 Å². The van der Waals surface area contributed by atoms with Crippen LogP contribution in [0.5, 0.6) is 0 Å². The van der Waals surface area contributed by atoms with Crippen LogP contribution in [-0.2, 0) is 17.9 Å². The molecule has 0 spiro atoms. The van der Waals surface area contributed by atoms with E-state index in [1.807, 2.05) is 24.6 Å². The number of carbonyl (C=O) groups is 1. The van der Waals surface area contributed by atoms with Crippen LogP contribution in [0, 0.1) is 13.8 Å². The Labute approximate surface area is 122 Å². The molecule has 2 rings (SSSR count).